The van der Waals surface area contributed by atoms with Gasteiger partial charge in [-0.05, 0) is 25.5 Å². The summed E-state index contributed by atoms with van der Waals surface area (Å²) in [6, 6.07) is 4.58. The maximum absolute atomic E-state index is 10.9. The zero-order valence-electron chi connectivity index (χ0n) is 10.7. The fourth-order valence-corrected chi connectivity index (χ4v) is 1.55. The molecule has 1 amide bonds. The molecule has 0 radical (unpaired) electrons. The second-order valence-electron chi connectivity index (χ2n) is 4.17. The van der Waals surface area contributed by atoms with E-state index >= 15 is 0 Å². The van der Waals surface area contributed by atoms with Gasteiger partial charge >= 0.3 is 5.97 Å². The molecule has 0 aliphatic heterocycles. The molecule has 1 atom stereocenters. The predicted octanol–water partition coefficient (Wildman–Crippen LogP) is 1.27. The van der Waals surface area contributed by atoms with E-state index in [0.29, 0.717) is 5.75 Å². The normalized spacial score (nSPS) is 11.7. The molecule has 0 saturated heterocycles. The lowest BCUT2D eigenvalue weighted by molar-refractivity contribution is -0.142. The predicted molar refractivity (Wildman–Crippen MR) is 66.7 cm³/mol. The highest BCUT2D eigenvalue weighted by Gasteiger charge is 2.19. The van der Waals surface area contributed by atoms with Crippen molar-refractivity contribution in [2.45, 2.75) is 26.8 Å². The number of aliphatic carboxylic acids is 1. The van der Waals surface area contributed by atoms with Crippen LogP contribution < -0.4 is 10.1 Å². The number of amides is 1. The van der Waals surface area contributed by atoms with E-state index in [1.807, 2.05) is 26.0 Å². The van der Waals surface area contributed by atoms with E-state index in [-0.39, 0.29) is 6.61 Å². The molecular weight excluding hydrogens is 234 g/mol. The van der Waals surface area contributed by atoms with Crippen molar-refractivity contribution in [1.29, 1.82) is 0 Å². The number of carboxylic acids is 1. The van der Waals surface area contributed by atoms with Crippen LogP contribution in [0, 0.1) is 13.8 Å². The molecule has 5 nitrogen and oxygen atoms in total. The van der Waals surface area contributed by atoms with E-state index in [9.17, 15) is 9.59 Å². The summed E-state index contributed by atoms with van der Waals surface area (Å²) in [4.78, 5) is 21.8. The number of aryl methyl sites for hydroxylation is 2. The number of carbonyl (C=O) groups is 2. The molecule has 0 aliphatic rings. The van der Waals surface area contributed by atoms with Gasteiger partial charge < -0.3 is 15.2 Å². The summed E-state index contributed by atoms with van der Waals surface area (Å²) in [7, 11) is 0. The van der Waals surface area contributed by atoms with Gasteiger partial charge in [0.1, 0.15) is 12.4 Å². The van der Waals surface area contributed by atoms with Crippen molar-refractivity contribution in [3.05, 3.63) is 29.3 Å². The van der Waals surface area contributed by atoms with Crippen molar-refractivity contribution in [3.8, 4) is 5.75 Å². The largest absolute Gasteiger partial charge is 0.491 e. The molecule has 0 saturated carbocycles. The molecule has 5 heteroatoms. The lowest BCUT2D eigenvalue weighted by Gasteiger charge is -2.15. The number of carboxylic acid groups (broad SMARTS) is 1. The van der Waals surface area contributed by atoms with Crippen molar-refractivity contribution in [3.63, 3.8) is 0 Å². The van der Waals surface area contributed by atoms with Crippen molar-refractivity contribution >= 4 is 11.9 Å². The molecule has 0 bridgehead atoms. The van der Waals surface area contributed by atoms with Gasteiger partial charge in [-0.1, -0.05) is 17.7 Å². The second-order valence-corrected chi connectivity index (χ2v) is 4.17. The molecule has 1 unspecified atom stereocenters. The highest BCUT2D eigenvalue weighted by atomic mass is 16.5. The third-order valence-corrected chi connectivity index (χ3v) is 2.41. The van der Waals surface area contributed by atoms with E-state index in [2.05, 4.69) is 5.32 Å². The quantitative estimate of drug-likeness (QED) is 0.826. The van der Waals surface area contributed by atoms with Crippen LogP contribution in [0.4, 0.5) is 0 Å². The summed E-state index contributed by atoms with van der Waals surface area (Å²) in [5.41, 5.74) is 2.04. The molecular formula is C13H17NO4. The van der Waals surface area contributed by atoms with Gasteiger partial charge in [0.05, 0.1) is 0 Å². The van der Waals surface area contributed by atoms with Crippen molar-refractivity contribution < 1.29 is 19.4 Å². The minimum Gasteiger partial charge on any atom is -0.491 e. The average molecular weight is 251 g/mol. The molecule has 1 rings (SSSR count). The van der Waals surface area contributed by atoms with E-state index in [1.165, 1.54) is 6.92 Å². The Morgan fingerprint density at radius 3 is 2.56 bits per heavy atom. The highest BCUT2D eigenvalue weighted by Crippen LogP contribution is 2.18. The fourth-order valence-electron chi connectivity index (χ4n) is 1.55. The van der Waals surface area contributed by atoms with E-state index in [0.717, 1.165) is 11.1 Å². The van der Waals surface area contributed by atoms with E-state index in [4.69, 9.17) is 9.84 Å². The van der Waals surface area contributed by atoms with Crippen LogP contribution >= 0.6 is 0 Å². The third kappa shape index (κ3) is 4.08. The van der Waals surface area contributed by atoms with E-state index < -0.39 is 17.9 Å². The monoisotopic (exact) mass is 251 g/mol. The number of ether oxygens (including phenoxy) is 1. The Morgan fingerprint density at radius 2 is 2.06 bits per heavy atom. The van der Waals surface area contributed by atoms with Gasteiger partial charge in [-0.3, -0.25) is 4.79 Å². The standard InChI is InChI=1S/C13H17NO4/c1-8-4-5-12(9(2)6-8)18-7-11(13(16)17)14-10(3)15/h4-6,11H,7H2,1-3H3,(H,14,15)(H,16,17). The maximum atomic E-state index is 10.9. The highest BCUT2D eigenvalue weighted by molar-refractivity contribution is 5.82. The molecule has 1 aromatic rings. The minimum atomic E-state index is -1.12. The number of hydrogen-bond acceptors (Lipinski definition) is 3. The van der Waals surface area contributed by atoms with Crippen LogP contribution in [0.25, 0.3) is 0 Å². The van der Waals surface area contributed by atoms with Crippen LogP contribution in [0.15, 0.2) is 18.2 Å². The zero-order chi connectivity index (χ0) is 13.7. The SMILES string of the molecule is CC(=O)NC(COc1ccc(C)cc1C)C(=O)O. The summed E-state index contributed by atoms with van der Waals surface area (Å²) < 4.78 is 5.42. The average Bonchev–Trinajstić information content (AvgIpc) is 2.25. The Bertz CT molecular complexity index is 456. The summed E-state index contributed by atoms with van der Waals surface area (Å²) in [6.45, 7) is 5.02. The second kappa shape index (κ2) is 6.05. The molecule has 0 heterocycles. The first-order valence-electron chi connectivity index (χ1n) is 5.60. The molecule has 0 aliphatic carbocycles. The van der Waals surface area contributed by atoms with Crippen molar-refractivity contribution in [2.24, 2.45) is 0 Å². The smallest absolute Gasteiger partial charge is 0.329 e. The number of benzene rings is 1. The number of nitrogens with one attached hydrogen (secondary N) is 1. The molecule has 18 heavy (non-hydrogen) atoms. The lowest BCUT2D eigenvalue weighted by Crippen LogP contribution is -2.43. The van der Waals surface area contributed by atoms with Crippen LogP contribution in [0.5, 0.6) is 5.75 Å². The Kier molecular flexibility index (Phi) is 4.71. The topological polar surface area (TPSA) is 75.6 Å². The molecule has 1 aromatic carbocycles. The van der Waals surface area contributed by atoms with Crippen LogP contribution in [0.3, 0.4) is 0 Å². The molecule has 0 fully saturated rings. The van der Waals surface area contributed by atoms with Crippen LogP contribution in [-0.2, 0) is 9.59 Å². The van der Waals surface area contributed by atoms with Gasteiger partial charge in [0.25, 0.3) is 0 Å². The maximum Gasteiger partial charge on any atom is 0.329 e. The molecule has 0 spiro atoms. The van der Waals surface area contributed by atoms with Gasteiger partial charge in [-0.15, -0.1) is 0 Å². The van der Waals surface area contributed by atoms with E-state index in [1.54, 1.807) is 6.07 Å². The summed E-state index contributed by atoms with van der Waals surface area (Å²) in [5.74, 6) is -0.890. The van der Waals surface area contributed by atoms with Crippen LogP contribution in [-0.4, -0.2) is 29.6 Å². The Labute approximate surface area is 106 Å². The molecule has 2 N–H and O–H groups in total. The van der Waals surface area contributed by atoms with Crippen molar-refractivity contribution in [1.82, 2.24) is 5.32 Å². The minimum absolute atomic E-state index is 0.0984. The zero-order valence-corrected chi connectivity index (χ0v) is 10.7. The third-order valence-electron chi connectivity index (χ3n) is 2.41. The Hall–Kier alpha value is -2.04. The van der Waals surface area contributed by atoms with Gasteiger partial charge in [0.2, 0.25) is 5.91 Å². The first kappa shape index (κ1) is 14.0. The van der Waals surface area contributed by atoms with Crippen LogP contribution in [0.2, 0.25) is 0 Å². The molecule has 0 aromatic heterocycles. The fraction of sp³-hybridized carbons (Fsp3) is 0.385. The van der Waals surface area contributed by atoms with Crippen LogP contribution in [0.1, 0.15) is 18.1 Å². The molecule has 98 valence electrons. The Balaban J connectivity index is 2.66. The van der Waals surface area contributed by atoms with Crippen molar-refractivity contribution in [2.75, 3.05) is 6.61 Å². The summed E-state index contributed by atoms with van der Waals surface area (Å²) >= 11 is 0. The van der Waals surface area contributed by atoms with Gasteiger partial charge in [0, 0.05) is 6.92 Å². The van der Waals surface area contributed by atoms with Gasteiger partial charge in [0.15, 0.2) is 6.04 Å². The summed E-state index contributed by atoms with van der Waals surface area (Å²) in [5, 5.41) is 11.2. The first-order chi connectivity index (χ1) is 8.40. The van der Waals surface area contributed by atoms with Gasteiger partial charge in [-0.2, -0.15) is 0 Å². The van der Waals surface area contributed by atoms with Gasteiger partial charge in [-0.25, -0.2) is 4.79 Å². The number of rotatable bonds is 5. The number of hydrogen-bond donors (Lipinski definition) is 2. The Morgan fingerprint density at radius 1 is 1.39 bits per heavy atom. The first-order valence-corrected chi connectivity index (χ1v) is 5.60. The number of carbonyl (C=O) groups excluding carboxylic acids is 1. The lowest BCUT2D eigenvalue weighted by atomic mass is 10.1. The summed E-state index contributed by atoms with van der Waals surface area (Å²) in [6.07, 6.45) is 0.